The lowest BCUT2D eigenvalue weighted by Crippen LogP contribution is -2.35. The Kier molecular flexibility index (Phi) is 4.72. The van der Waals surface area contributed by atoms with Gasteiger partial charge in [-0.15, -0.1) is 0 Å². The molecule has 4 nitrogen and oxygen atoms in total. The molecule has 0 atom stereocenters. The van der Waals surface area contributed by atoms with Gasteiger partial charge in [-0.3, -0.25) is 9.59 Å². The molecule has 0 spiro atoms. The van der Waals surface area contributed by atoms with E-state index in [9.17, 15) is 9.59 Å². The molecular formula is C17H18N2O2. The Morgan fingerprint density at radius 3 is 2.33 bits per heavy atom. The number of amides is 2. The molecule has 0 aliphatic heterocycles. The second-order valence-corrected chi connectivity index (χ2v) is 4.93. The van der Waals surface area contributed by atoms with Crippen molar-refractivity contribution in [3.05, 3.63) is 65.2 Å². The van der Waals surface area contributed by atoms with Crippen molar-refractivity contribution in [3.63, 3.8) is 0 Å². The van der Waals surface area contributed by atoms with E-state index >= 15 is 0 Å². The molecule has 4 heteroatoms. The molecule has 2 rings (SSSR count). The molecule has 0 aliphatic carbocycles. The van der Waals surface area contributed by atoms with Crippen molar-refractivity contribution >= 4 is 17.5 Å². The summed E-state index contributed by atoms with van der Waals surface area (Å²) in [4.78, 5) is 23.5. The SMILES string of the molecule is Cc1ccc(CNC(=O)C(=O)Nc2ccccc2)c(C)c1. The molecule has 108 valence electrons. The van der Waals surface area contributed by atoms with Gasteiger partial charge in [-0.2, -0.15) is 0 Å². The summed E-state index contributed by atoms with van der Waals surface area (Å²) in [7, 11) is 0. The fourth-order valence-electron chi connectivity index (χ4n) is 2.01. The van der Waals surface area contributed by atoms with Crippen molar-refractivity contribution in [2.24, 2.45) is 0 Å². The van der Waals surface area contributed by atoms with Gasteiger partial charge < -0.3 is 10.6 Å². The lowest BCUT2D eigenvalue weighted by Gasteiger charge is -2.09. The second-order valence-electron chi connectivity index (χ2n) is 4.93. The molecule has 0 saturated heterocycles. The Hall–Kier alpha value is -2.62. The van der Waals surface area contributed by atoms with Crippen LogP contribution in [0.1, 0.15) is 16.7 Å². The van der Waals surface area contributed by atoms with Crippen LogP contribution in [0.2, 0.25) is 0 Å². The highest BCUT2D eigenvalue weighted by Crippen LogP contribution is 2.10. The van der Waals surface area contributed by atoms with E-state index in [1.807, 2.05) is 38.1 Å². The molecule has 2 aromatic carbocycles. The van der Waals surface area contributed by atoms with Crippen LogP contribution in [0.25, 0.3) is 0 Å². The van der Waals surface area contributed by atoms with Crippen molar-refractivity contribution in [2.75, 3.05) is 5.32 Å². The minimum Gasteiger partial charge on any atom is -0.344 e. The molecule has 21 heavy (non-hydrogen) atoms. The van der Waals surface area contributed by atoms with Gasteiger partial charge >= 0.3 is 11.8 Å². The summed E-state index contributed by atoms with van der Waals surface area (Å²) in [5, 5.41) is 5.18. The molecule has 0 saturated carbocycles. The minimum atomic E-state index is -0.661. The lowest BCUT2D eigenvalue weighted by atomic mass is 10.1. The van der Waals surface area contributed by atoms with Crippen LogP contribution < -0.4 is 10.6 Å². The van der Waals surface area contributed by atoms with Crippen molar-refractivity contribution in [1.82, 2.24) is 5.32 Å². The normalized spacial score (nSPS) is 10.0. The van der Waals surface area contributed by atoms with E-state index in [2.05, 4.69) is 10.6 Å². The first-order chi connectivity index (χ1) is 10.1. The maximum atomic E-state index is 11.8. The first-order valence-electron chi connectivity index (χ1n) is 6.76. The van der Waals surface area contributed by atoms with Gasteiger partial charge in [0.15, 0.2) is 0 Å². The minimum absolute atomic E-state index is 0.340. The van der Waals surface area contributed by atoms with E-state index in [0.29, 0.717) is 12.2 Å². The van der Waals surface area contributed by atoms with Crippen LogP contribution in [0.3, 0.4) is 0 Å². The Bertz CT molecular complexity index is 651. The summed E-state index contributed by atoms with van der Waals surface area (Å²) >= 11 is 0. The van der Waals surface area contributed by atoms with Gasteiger partial charge in [0.05, 0.1) is 0 Å². The number of anilines is 1. The van der Waals surface area contributed by atoms with Crippen molar-refractivity contribution in [3.8, 4) is 0 Å². The molecular weight excluding hydrogens is 264 g/mol. The highest BCUT2D eigenvalue weighted by Gasteiger charge is 2.13. The molecule has 0 heterocycles. The summed E-state index contributed by atoms with van der Waals surface area (Å²) in [6.45, 7) is 4.34. The largest absolute Gasteiger partial charge is 0.344 e. The van der Waals surface area contributed by atoms with E-state index in [1.165, 1.54) is 5.56 Å². The quantitative estimate of drug-likeness (QED) is 0.850. The first-order valence-corrected chi connectivity index (χ1v) is 6.76. The zero-order valence-electron chi connectivity index (χ0n) is 12.1. The smallest absolute Gasteiger partial charge is 0.313 e. The third-order valence-corrected chi connectivity index (χ3v) is 3.18. The standard InChI is InChI=1S/C17H18N2O2/c1-12-8-9-14(13(2)10-12)11-18-16(20)17(21)19-15-6-4-3-5-7-15/h3-10H,11H2,1-2H3,(H,18,20)(H,19,21). The third-order valence-electron chi connectivity index (χ3n) is 3.18. The monoisotopic (exact) mass is 282 g/mol. The maximum absolute atomic E-state index is 11.8. The Morgan fingerprint density at radius 2 is 1.67 bits per heavy atom. The van der Waals surface area contributed by atoms with Gasteiger partial charge in [0.2, 0.25) is 0 Å². The number of rotatable bonds is 3. The number of aryl methyl sites for hydroxylation is 2. The van der Waals surface area contributed by atoms with Crippen LogP contribution >= 0.6 is 0 Å². The Morgan fingerprint density at radius 1 is 0.952 bits per heavy atom. The number of hydrogen-bond donors (Lipinski definition) is 2. The van der Waals surface area contributed by atoms with Gasteiger partial charge in [-0.25, -0.2) is 0 Å². The average Bonchev–Trinajstić information content (AvgIpc) is 2.47. The molecule has 2 aromatic rings. The molecule has 0 unspecified atom stereocenters. The van der Waals surface area contributed by atoms with E-state index < -0.39 is 11.8 Å². The lowest BCUT2D eigenvalue weighted by molar-refractivity contribution is -0.136. The van der Waals surface area contributed by atoms with Crippen LogP contribution in [0.5, 0.6) is 0 Å². The van der Waals surface area contributed by atoms with Gasteiger partial charge in [0, 0.05) is 12.2 Å². The Balaban J connectivity index is 1.91. The van der Waals surface area contributed by atoms with E-state index in [4.69, 9.17) is 0 Å². The molecule has 2 N–H and O–H groups in total. The summed E-state index contributed by atoms with van der Waals surface area (Å²) in [6, 6.07) is 14.9. The van der Waals surface area contributed by atoms with Gasteiger partial charge in [0.25, 0.3) is 0 Å². The van der Waals surface area contributed by atoms with Crippen LogP contribution in [-0.4, -0.2) is 11.8 Å². The van der Waals surface area contributed by atoms with Crippen molar-refractivity contribution in [1.29, 1.82) is 0 Å². The topological polar surface area (TPSA) is 58.2 Å². The first kappa shape index (κ1) is 14.8. The third kappa shape index (κ3) is 4.18. The predicted molar refractivity (Wildman–Crippen MR) is 82.8 cm³/mol. The summed E-state index contributed by atoms with van der Waals surface area (Å²) in [5.41, 5.74) is 3.87. The molecule has 0 fully saturated rings. The fraction of sp³-hybridized carbons (Fsp3) is 0.176. The number of carbonyl (C=O) groups is 2. The van der Waals surface area contributed by atoms with Gasteiger partial charge in [0.1, 0.15) is 0 Å². The highest BCUT2D eigenvalue weighted by molar-refractivity contribution is 6.39. The van der Waals surface area contributed by atoms with Crippen molar-refractivity contribution < 1.29 is 9.59 Å². The second kappa shape index (κ2) is 6.70. The average molecular weight is 282 g/mol. The summed E-state index contributed by atoms with van der Waals surface area (Å²) < 4.78 is 0. The molecule has 2 amide bonds. The predicted octanol–water partition coefficient (Wildman–Crippen LogP) is 2.56. The van der Waals surface area contributed by atoms with Crippen molar-refractivity contribution in [2.45, 2.75) is 20.4 Å². The molecule has 0 aromatic heterocycles. The van der Waals surface area contributed by atoms with Crippen LogP contribution in [-0.2, 0) is 16.1 Å². The van der Waals surface area contributed by atoms with Gasteiger partial charge in [-0.05, 0) is 37.1 Å². The molecule has 0 bridgehead atoms. The zero-order chi connectivity index (χ0) is 15.2. The fourth-order valence-corrected chi connectivity index (χ4v) is 2.01. The summed E-state index contributed by atoms with van der Waals surface area (Å²) in [6.07, 6.45) is 0. The zero-order valence-corrected chi connectivity index (χ0v) is 12.1. The summed E-state index contributed by atoms with van der Waals surface area (Å²) in [5.74, 6) is -1.30. The number of benzene rings is 2. The number of para-hydroxylation sites is 1. The van der Waals surface area contributed by atoms with Gasteiger partial charge in [-0.1, -0.05) is 42.0 Å². The van der Waals surface area contributed by atoms with E-state index in [0.717, 1.165) is 11.1 Å². The molecule has 0 aliphatic rings. The maximum Gasteiger partial charge on any atom is 0.313 e. The van der Waals surface area contributed by atoms with Crippen LogP contribution in [0, 0.1) is 13.8 Å². The molecule has 0 radical (unpaired) electrons. The van der Waals surface area contributed by atoms with Crippen LogP contribution in [0.15, 0.2) is 48.5 Å². The van der Waals surface area contributed by atoms with Crippen LogP contribution in [0.4, 0.5) is 5.69 Å². The van der Waals surface area contributed by atoms with E-state index in [-0.39, 0.29) is 0 Å². The highest BCUT2D eigenvalue weighted by atomic mass is 16.2. The number of hydrogen-bond acceptors (Lipinski definition) is 2. The number of carbonyl (C=O) groups excluding carboxylic acids is 2. The van der Waals surface area contributed by atoms with E-state index in [1.54, 1.807) is 24.3 Å². The Labute approximate surface area is 124 Å². The number of nitrogens with one attached hydrogen (secondary N) is 2.